The fraction of sp³-hybridized carbons (Fsp3) is 0.556. The van der Waals surface area contributed by atoms with Crippen molar-refractivity contribution in [1.29, 1.82) is 0 Å². The summed E-state index contributed by atoms with van der Waals surface area (Å²) in [6, 6.07) is -1.19. The van der Waals surface area contributed by atoms with Crippen LogP contribution in [0, 0.1) is 0 Å². The molecule has 0 radical (unpaired) electrons. The molecule has 0 aromatic heterocycles. The Balaban J connectivity index is 3.89. The van der Waals surface area contributed by atoms with Crippen LogP contribution in [0.3, 0.4) is 0 Å². The molecule has 5 N–H and O–H groups in total. The smallest absolute Gasteiger partial charge is 0.320 e. The Morgan fingerprint density at radius 1 is 1.67 bits per heavy atom. The van der Waals surface area contributed by atoms with Crippen LogP contribution in [0.25, 0.3) is 0 Å². The van der Waals surface area contributed by atoms with Crippen molar-refractivity contribution < 1.29 is 14.3 Å². The van der Waals surface area contributed by atoms with Crippen LogP contribution < -0.4 is 11.5 Å². The van der Waals surface area contributed by atoms with E-state index >= 15 is 0 Å². The molecular formula is C9H16FN3O2. The lowest BCUT2D eigenvalue weighted by molar-refractivity contribution is -0.138. The van der Waals surface area contributed by atoms with Gasteiger partial charge in [-0.2, -0.15) is 0 Å². The lowest BCUT2D eigenvalue weighted by atomic mass is 10.2. The van der Waals surface area contributed by atoms with Gasteiger partial charge in [-0.3, -0.25) is 9.79 Å². The van der Waals surface area contributed by atoms with E-state index in [2.05, 4.69) is 4.99 Å². The van der Waals surface area contributed by atoms with E-state index in [4.69, 9.17) is 16.6 Å². The van der Waals surface area contributed by atoms with Gasteiger partial charge < -0.3 is 16.6 Å². The minimum Gasteiger partial charge on any atom is -0.480 e. The quantitative estimate of drug-likeness (QED) is 0.340. The summed E-state index contributed by atoms with van der Waals surface area (Å²) in [5.74, 6) is -1.31. The molecule has 0 aromatic rings. The monoisotopic (exact) mass is 217 g/mol. The van der Waals surface area contributed by atoms with Crippen LogP contribution in [-0.4, -0.2) is 29.5 Å². The number of rotatable bonds is 6. The molecule has 0 heterocycles. The summed E-state index contributed by atoms with van der Waals surface area (Å²) in [4.78, 5) is 14.1. The number of hydrogen-bond acceptors (Lipinski definition) is 3. The highest BCUT2D eigenvalue weighted by Crippen LogP contribution is 2.07. The first kappa shape index (κ1) is 13.6. The topological polar surface area (TPSA) is 102 Å². The Kier molecular flexibility index (Phi) is 6.28. The number of carboxylic acid groups (broad SMARTS) is 1. The Morgan fingerprint density at radius 3 is 2.73 bits per heavy atom. The SMILES string of the molecule is CC(N)=NCCC=C(F)C[C@H](N)C(=O)O. The van der Waals surface area contributed by atoms with E-state index in [0.717, 1.165) is 0 Å². The van der Waals surface area contributed by atoms with Crippen molar-refractivity contribution in [2.24, 2.45) is 16.5 Å². The van der Waals surface area contributed by atoms with E-state index in [1.807, 2.05) is 0 Å². The van der Waals surface area contributed by atoms with Crippen LogP contribution in [0.15, 0.2) is 16.9 Å². The highest BCUT2D eigenvalue weighted by atomic mass is 19.1. The van der Waals surface area contributed by atoms with Crippen LogP contribution >= 0.6 is 0 Å². The van der Waals surface area contributed by atoms with Crippen molar-refractivity contribution in [2.75, 3.05) is 6.54 Å². The third-order valence-electron chi connectivity index (χ3n) is 1.59. The minimum absolute atomic E-state index is 0.291. The summed E-state index contributed by atoms with van der Waals surface area (Å²) in [6.45, 7) is 2.03. The van der Waals surface area contributed by atoms with Gasteiger partial charge in [-0.05, 0) is 13.3 Å². The summed E-state index contributed by atoms with van der Waals surface area (Å²) >= 11 is 0. The molecule has 0 unspecified atom stereocenters. The molecule has 0 fully saturated rings. The molecule has 15 heavy (non-hydrogen) atoms. The molecule has 5 nitrogen and oxygen atoms in total. The lowest BCUT2D eigenvalue weighted by Crippen LogP contribution is -2.29. The van der Waals surface area contributed by atoms with Gasteiger partial charge in [0.1, 0.15) is 6.04 Å². The zero-order valence-electron chi connectivity index (χ0n) is 8.61. The minimum atomic E-state index is -1.21. The largest absolute Gasteiger partial charge is 0.480 e. The van der Waals surface area contributed by atoms with E-state index < -0.39 is 17.8 Å². The number of nitrogens with two attached hydrogens (primary N) is 2. The molecule has 0 bridgehead atoms. The van der Waals surface area contributed by atoms with E-state index in [9.17, 15) is 9.18 Å². The van der Waals surface area contributed by atoms with Crippen molar-refractivity contribution in [3.8, 4) is 0 Å². The summed E-state index contributed by atoms with van der Waals surface area (Å²) < 4.78 is 13.0. The first-order valence-electron chi connectivity index (χ1n) is 4.53. The highest BCUT2D eigenvalue weighted by Gasteiger charge is 2.12. The van der Waals surface area contributed by atoms with Gasteiger partial charge in [-0.1, -0.05) is 6.08 Å². The Hall–Kier alpha value is -1.43. The fourth-order valence-electron chi connectivity index (χ4n) is 0.843. The summed E-state index contributed by atoms with van der Waals surface area (Å²) in [6.07, 6.45) is 1.36. The second-order valence-electron chi connectivity index (χ2n) is 3.11. The molecule has 0 aliphatic carbocycles. The van der Waals surface area contributed by atoms with Crippen LogP contribution in [0.2, 0.25) is 0 Å². The number of carbonyl (C=O) groups is 1. The van der Waals surface area contributed by atoms with Gasteiger partial charge in [0.2, 0.25) is 0 Å². The first-order chi connectivity index (χ1) is 6.93. The Morgan fingerprint density at radius 2 is 2.27 bits per heavy atom. The van der Waals surface area contributed by atoms with Crippen molar-refractivity contribution in [1.82, 2.24) is 0 Å². The summed E-state index contributed by atoms with van der Waals surface area (Å²) in [7, 11) is 0. The van der Waals surface area contributed by atoms with E-state index in [-0.39, 0.29) is 6.42 Å². The van der Waals surface area contributed by atoms with Crippen molar-refractivity contribution in [3.05, 3.63) is 11.9 Å². The van der Waals surface area contributed by atoms with Gasteiger partial charge in [0.05, 0.1) is 11.7 Å². The van der Waals surface area contributed by atoms with Gasteiger partial charge in [-0.15, -0.1) is 0 Å². The molecule has 0 saturated heterocycles. The zero-order chi connectivity index (χ0) is 11.8. The predicted octanol–water partition coefficient (Wildman–Crippen LogP) is 0.409. The van der Waals surface area contributed by atoms with Gasteiger partial charge in [0, 0.05) is 13.0 Å². The van der Waals surface area contributed by atoms with Crippen molar-refractivity contribution in [3.63, 3.8) is 0 Å². The van der Waals surface area contributed by atoms with Gasteiger partial charge in [-0.25, -0.2) is 4.39 Å². The second-order valence-corrected chi connectivity index (χ2v) is 3.11. The number of aliphatic imine (C=N–C) groups is 1. The third kappa shape index (κ3) is 7.63. The number of carboxylic acids is 1. The molecule has 6 heteroatoms. The molecule has 1 atom stereocenters. The third-order valence-corrected chi connectivity index (χ3v) is 1.59. The predicted molar refractivity (Wildman–Crippen MR) is 56.2 cm³/mol. The molecule has 0 aromatic carbocycles. The highest BCUT2D eigenvalue weighted by molar-refractivity contribution is 5.77. The number of halogens is 1. The lowest BCUT2D eigenvalue weighted by Gasteiger charge is -2.03. The number of aliphatic carboxylic acids is 1. The van der Waals surface area contributed by atoms with Crippen LogP contribution in [0.1, 0.15) is 19.8 Å². The van der Waals surface area contributed by atoms with E-state index in [1.54, 1.807) is 6.92 Å². The van der Waals surface area contributed by atoms with Crippen LogP contribution in [-0.2, 0) is 4.79 Å². The maximum absolute atomic E-state index is 13.0. The normalized spacial score (nSPS) is 15.1. The molecule has 0 amide bonds. The average Bonchev–Trinajstić information content (AvgIpc) is 2.12. The van der Waals surface area contributed by atoms with Crippen molar-refractivity contribution >= 4 is 11.8 Å². The standard InChI is InChI=1S/C9H16FN3O2/c1-6(11)13-4-2-3-7(10)5-8(12)9(14)15/h3,8H,2,4-5,12H2,1H3,(H2,11,13)(H,14,15)/t8-/m0/s1. The van der Waals surface area contributed by atoms with Gasteiger partial charge in [0.25, 0.3) is 0 Å². The van der Waals surface area contributed by atoms with Gasteiger partial charge in [0.15, 0.2) is 0 Å². The molecule has 0 rings (SSSR count). The van der Waals surface area contributed by atoms with Crippen LogP contribution in [0.5, 0.6) is 0 Å². The summed E-state index contributed by atoms with van der Waals surface area (Å²) in [5, 5.41) is 8.42. The summed E-state index contributed by atoms with van der Waals surface area (Å²) in [5.41, 5.74) is 10.4. The Bertz CT molecular complexity index is 273. The average molecular weight is 217 g/mol. The van der Waals surface area contributed by atoms with Crippen LogP contribution in [0.4, 0.5) is 4.39 Å². The molecule has 86 valence electrons. The van der Waals surface area contributed by atoms with E-state index in [1.165, 1.54) is 6.08 Å². The Labute approximate surface area is 87.7 Å². The number of amidine groups is 1. The second kappa shape index (κ2) is 6.94. The maximum Gasteiger partial charge on any atom is 0.320 e. The molecule has 0 saturated carbocycles. The van der Waals surface area contributed by atoms with Crippen molar-refractivity contribution in [2.45, 2.75) is 25.8 Å². The molecule has 0 spiro atoms. The fourth-order valence-corrected chi connectivity index (χ4v) is 0.843. The molecular weight excluding hydrogens is 201 g/mol. The van der Waals surface area contributed by atoms with E-state index in [0.29, 0.717) is 18.8 Å². The van der Waals surface area contributed by atoms with Gasteiger partial charge >= 0.3 is 5.97 Å². The number of hydrogen-bond donors (Lipinski definition) is 3. The number of nitrogens with zero attached hydrogens (tertiary/aromatic N) is 1. The first-order valence-corrected chi connectivity index (χ1v) is 4.53. The zero-order valence-corrected chi connectivity index (χ0v) is 8.61. The maximum atomic E-state index is 13.0. The molecule has 0 aliphatic heterocycles. The molecule has 0 aliphatic rings.